The highest BCUT2D eigenvalue weighted by molar-refractivity contribution is 5.79. The highest BCUT2D eigenvalue weighted by atomic mass is 16.5. The molecule has 0 aromatic heterocycles. The molecule has 0 bridgehead atoms. The van der Waals surface area contributed by atoms with Crippen LogP contribution in [0.4, 0.5) is 0 Å². The number of carbonyl (C=O) groups excluding carboxylic acids is 1. The predicted molar refractivity (Wildman–Crippen MR) is 158 cm³/mol. The summed E-state index contributed by atoms with van der Waals surface area (Å²) in [7, 11) is 0. The van der Waals surface area contributed by atoms with Crippen molar-refractivity contribution < 1.29 is 19.4 Å². The molecular weight excluding hydrogens is 460 g/mol. The molecule has 1 N–H and O–H groups in total. The highest BCUT2D eigenvalue weighted by Gasteiger charge is 2.22. The van der Waals surface area contributed by atoms with Crippen LogP contribution in [-0.2, 0) is 14.3 Å². The smallest absolute Gasteiger partial charge is 0.309 e. The van der Waals surface area contributed by atoms with Crippen LogP contribution in [0, 0.1) is 5.92 Å². The lowest BCUT2D eigenvalue weighted by atomic mass is 9.97. The number of carbonyl (C=O) groups is 2. The molecule has 37 heavy (non-hydrogen) atoms. The Kier molecular flexibility index (Phi) is 28.2. The van der Waals surface area contributed by atoms with Crippen molar-refractivity contribution in [1.29, 1.82) is 0 Å². The molecule has 0 heterocycles. The second-order valence-electron chi connectivity index (χ2n) is 11.0. The van der Waals surface area contributed by atoms with Gasteiger partial charge in [0.15, 0.2) is 0 Å². The van der Waals surface area contributed by atoms with E-state index in [-0.39, 0.29) is 12.4 Å². The van der Waals surface area contributed by atoms with Crippen molar-refractivity contribution >= 4 is 11.9 Å². The van der Waals surface area contributed by atoms with Gasteiger partial charge in [0.05, 0.1) is 18.9 Å². The SMILES string of the molecule is CCCCCCC/C=C/CCCCCCCCCCCCCCCCCC(CC(=O)O)C(=O)OCCC. The third-order valence-electron chi connectivity index (χ3n) is 7.27. The molecule has 0 amide bonds. The van der Waals surface area contributed by atoms with Gasteiger partial charge < -0.3 is 9.84 Å². The van der Waals surface area contributed by atoms with E-state index in [1.165, 1.54) is 128 Å². The molecule has 1 unspecified atom stereocenters. The fraction of sp³-hybridized carbons (Fsp3) is 0.879. The summed E-state index contributed by atoms with van der Waals surface area (Å²) in [6.45, 7) is 4.60. The number of esters is 1. The zero-order chi connectivity index (χ0) is 27.2. The quantitative estimate of drug-likeness (QED) is 0.0602. The van der Waals surface area contributed by atoms with Gasteiger partial charge in [-0.15, -0.1) is 0 Å². The molecule has 0 aliphatic heterocycles. The molecular formula is C33H62O4. The van der Waals surface area contributed by atoms with Gasteiger partial charge in [-0.2, -0.15) is 0 Å². The number of aliphatic carboxylic acids is 1. The first-order valence-electron chi connectivity index (χ1n) is 16.1. The van der Waals surface area contributed by atoms with E-state index in [4.69, 9.17) is 9.84 Å². The predicted octanol–water partition coefficient (Wildman–Crippen LogP) is 10.6. The van der Waals surface area contributed by atoms with Crippen molar-refractivity contribution in [2.24, 2.45) is 5.92 Å². The van der Waals surface area contributed by atoms with Gasteiger partial charge in [-0.3, -0.25) is 9.59 Å². The zero-order valence-corrected chi connectivity index (χ0v) is 24.8. The Balaban J connectivity index is 3.36. The number of hydrogen-bond donors (Lipinski definition) is 1. The van der Waals surface area contributed by atoms with Crippen LogP contribution in [0.3, 0.4) is 0 Å². The first kappa shape index (κ1) is 35.7. The molecule has 218 valence electrons. The molecule has 0 aromatic rings. The third-order valence-corrected chi connectivity index (χ3v) is 7.27. The molecule has 0 saturated carbocycles. The minimum atomic E-state index is -0.916. The van der Waals surface area contributed by atoms with Gasteiger partial charge in [-0.1, -0.05) is 142 Å². The van der Waals surface area contributed by atoms with E-state index >= 15 is 0 Å². The Morgan fingerprint density at radius 3 is 1.41 bits per heavy atom. The summed E-state index contributed by atoms with van der Waals surface area (Å²) in [6.07, 6.45) is 35.1. The van der Waals surface area contributed by atoms with Crippen LogP contribution in [0.5, 0.6) is 0 Å². The topological polar surface area (TPSA) is 63.6 Å². The second kappa shape index (κ2) is 29.2. The molecule has 0 saturated heterocycles. The third kappa shape index (κ3) is 27.5. The van der Waals surface area contributed by atoms with Crippen LogP contribution in [0.2, 0.25) is 0 Å². The number of carboxylic acids is 1. The maximum atomic E-state index is 12.0. The van der Waals surface area contributed by atoms with E-state index in [9.17, 15) is 9.59 Å². The normalized spacial score (nSPS) is 12.3. The lowest BCUT2D eigenvalue weighted by Gasteiger charge is -2.13. The summed E-state index contributed by atoms with van der Waals surface area (Å²) in [4.78, 5) is 23.0. The van der Waals surface area contributed by atoms with Crippen molar-refractivity contribution in [1.82, 2.24) is 0 Å². The van der Waals surface area contributed by atoms with Crippen molar-refractivity contribution in [3.63, 3.8) is 0 Å². The summed E-state index contributed by atoms with van der Waals surface area (Å²) in [5, 5.41) is 9.04. The molecule has 4 heteroatoms. The Bertz CT molecular complexity index is 528. The van der Waals surface area contributed by atoms with Crippen LogP contribution >= 0.6 is 0 Å². The standard InChI is InChI=1S/C33H62O4/c1-3-5-6-7-8-9-10-11-12-13-14-15-16-17-18-19-20-21-22-23-24-25-26-27-28-31(30-32(34)35)33(36)37-29-4-2/h10-11,31H,3-9,12-30H2,1-2H3,(H,34,35)/b11-10+. The Hall–Kier alpha value is -1.32. The highest BCUT2D eigenvalue weighted by Crippen LogP contribution is 2.18. The van der Waals surface area contributed by atoms with Gasteiger partial charge in [0.25, 0.3) is 0 Å². The zero-order valence-electron chi connectivity index (χ0n) is 24.8. The Morgan fingerprint density at radius 1 is 0.595 bits per heavy atom. The monoisotopic (exact) mass is 522 g/mol. The van der Waals surface area contributed by atoms with Crippen LogP contribution in [0.15, 0.2) is 12.2 Å². The number of hydrogen-bond acceptors (Lipinski definition) is 3. The molecule has 4 nitrogen and oxygen atoms in total. The number of allylic oxidation sites excluding steroid dienone is 2. The average Bonchev–Trinajstić information content (AvgIpc) is 2.88. The first-order valence-corrected chi connectivity index (χ1v) is 16.1. The lowest BCUT2D eigenvalue weighted by molar-refractivity contribution is -0.153. The molecule has 0 rings (SSSR count). The van der Waals surface area contributed by atoms with Crippen molar-refractivity contribution in [2.75, 3.05) is 6.61 Å². The van der Waals surface area contributed by atoms with E-state index in [1.807, 2.05) is 6.92 Å². The van der Waals surface area contributed by atoms with Gasteiger partial charge >= 0.3 is 11.9 Å². The average molecular weight is 523 g/mol. The minimum absolute atomic E-state index is 0.112. The number of unbranched alkanes of at least 4 members (excludes halogenated alkanes) is 20. The molecule has 0 radical (unpaired) electrons. The fourth-order valence-corrected chi connectivity index (χ4v) is 4.89. The van der Waals surface area contributed by atoms with Crippen molar-refractivity contribution in [3.05, 3.63) is 12.2 Å². The maximum absolute atomic E-state index is 12.0. The van der Waals surface area contributed by atoms with E-state index in [1.54, 1.807) is 0 Å². The lowest BCUT2D eigenvalue weighted by Crippen LogP contribution is -2.21. The van der Waals surface area contributed by atoms with Gasteiger partial charge in [-0.05, 0) is 38.5 Å². The molecule has 0 fully saturated rings. The van der Waals surface area contributed by atoms with E-state index in [0.717, 1.165) is 19.3 Å². The Morgan fingerprint density at radius 2 is 1.00 bits per heavy atom. The van der Waals surface area contributed by atoms with Crippen molar-refractivity contribution in [3.8, 4) is 0 Å². The molecule has 0 spiro atoms. The number of rotatable bonds is 29. The molecule has 1 atom stereocenters. The van der Waals surface area contributed by atoms with Crippen LogP contribution in [0.25, 0.3) is 0 Å². The second-order valence-corrected chi connectivity index (χ2v) is 11.0. The summed E-state index contributed by atoms with van der Waals surface area (Å²) >= 11 is 0. The fourth-order valence-electron chi connectivity index (χ4n) is 4.89. The van der Waals surface area contributed by atoms with Crippen LogP contribution in [0.1, 0.15) is 174 Å². The van der Waals surface area contributed by atoms with Crippen LogP contribution in [-0.4, -0.2) is 23.7 Å². The van der Waals surface area contributed by atoms with Crippen LogP contribution < -0.4 is 0 Å². The van der Waals surface area contributed by atoms with E-state index < -0.39 is 11.9 Å². The summed E-state index contributed by atoms with van der Waals surface area (Å²) < 4.78 is 5.15. The summed E-state index contributed by atoms with van der Waals surface area (Å²) in [6, 6.07) is 0. The molecule has 0 aromatic carbocycles. The summed E-state index contributed by atoms with van der Waals surface area (Å²) in [5.74, 6) is -1.74. The first-order chi connectivity index (χ1) is 18.1. The molecule has 0 aliphatic rings. The van der Waals surface area contributed by atoms with Gasteiger partial charge in [0.2, 0.25) is 0 Å². The van der Waals surface area contributed by atoms with E-state index in [0.29, 0.717) is 13.0 Å². The largest absolute Gasteiger partial charge is 0.481 e. The minimum Gasteiger partial charge on any atom is -0.481 e. The maximum Gasteiger partial charge on any atom is 0.309 e. The number of ether oxygens (including phenoxy) is 1. The Labute approximate surface area is 230 Å². The summed E-state index contributed by atoms with van der Waals surface area (Å²) in [5.41, 5.74) is 0. The van der Waals surface area contributed by atoms with Crippen molar-refractivity contribution in [2.45, 2.75) is 174 Å². The van der Waals surface area contributed by atoms with Gasteiger partial charge in [-0.25, -0.2) is 0 Å². The van der Waals surface area contributed by atoms with E-state index in [2.05, 4.69) is 19.1 Å². The van der Waals surface area contributed by atoms with Gasteiger partial charge in [0.1, 0.15) is 0 Å². The number of carboxylic acid groups (broad SMARTS) is 1. The molecule has 0 aliphatic carbocycles. The van der Waals surface area contributed by atoms with Gasteiger partial charge in [0, 0.05) is 0 Å².